The Labute approximate surface area is 190 Å². The van der Waals surface area contributed by atoms with Crippen LogP contribution in [0, 0.1) is 0 Å². The third-order valence-corrected chi connectivity index (χ3v) is 6.13. The number of fused-ring (bicyclic) bond motifs is 1. The summed E-state index contributed by atoms with van der Waals surface area (Å²) in [4.78, 5) is 32.3. The zero-order valence-electron chi connectivity index (χ0n) is 17.5. The van der Waals surface area contributed by atoms with E-state index in [1.165, 1.54) is 0 Å². The van der Waals surface area contributed by atoms with E-state index in [2.05, 4.69) is 9.88 Å². The maximum Gasteiger partial charge on any atom is 0.325 e. The monoisotopic (exact) mass is 456 g/mol. The minimum absolute atomic E-state index is 0.259. The van der Waals surface area contributed by atoms with Crippen molar-refractivity contribution in [2.75, 3.05) is 32.7 Å². The van der Waals surface area contributed by atoms with Crippen molar-refractivity contribution in [2.45, 2.75) is 19.0 Å². The van der Waals surface area contributed by atoms with Crippen LogP contribution in [-0.2, 0) is 22.6 Å². The van der Waals surface area contributed by atoms with Gasteiger partial charge < -0.3 is 19.7 Å². The van der Waals surface area contributed by atoms with Crippen LogP contribution in [0.5, 0.6) is 0 Å². The Kier molecular flexibility index (Phi) is 6.74. The highest BCUT2D eigenvalue weighted by Crippen LogP contribution is 2.33. The molecule has 0 aliphatic carbocycles. The number of carbonyl (C=O) groups is 2. The molecule has 0 saturated carbocycles. The van der Waals surface area contributed by atoms with E-state index in [1.54, 1.807) is 35.2 Å². The number of benzene rings is 1. The quantitative estimate of drug-likeness (QED) is 0.537. The molecule has 1 aromatic carbocycles. The van der Waals surface area contributed by atoms with E-state index >= 15 is 0 Å². The lowest BCUT2D eigenvalue weighted by atomic mass is 10.0. The molecule has 2 N–H and O–H groups in total. The minimum Gasteiger partial charge on any atom is -0.480 e. The Morgan fingerprint density at radius 2 is 1.88 bits per heavy atom. The Hall–Kier alpha value is -2.94. The van der Waals surface area contributed by atoms with Crippen LogP contribution in [-0.4, -0.2) is 74.2 Å². The molecule has 1 aliphatic rings. The molecule has 2 aromatic heterocycles. The van der Waals surface area contributed by atoms with Crippen LogP contribution >= 0.6 is 11.6 Å². The fourth-order valence-electron chi connectivity index (χ4n) is 4.34. The van der Waals surface area contributed by atoms with Crippen molar-refractivity contribution in [1.82, 2.24) is 19.4 Å². The van der Waals surface area contributed by atoms with Gasteiger partial charge in [0.15, 0.2) is 0 Å². The highest BCUT2D eigenvalue weighted by atomic mass is 35.5. The van der Waals surface area contributed by atoms with Crippen molar-refractivity contribution in [3.8, 4) is 0 Å². The van der Waals surface area contributed by atoms with Gasteiger partial charge in [-0.05, 0) is 24.3 Å². The molecular formula is C23H25ClN4O4. The second kappa shape index (κ2) is 9.68. The predicted molar refractivity (Wildman–Crippen MR) is 121 cm³/mol. The molecule has 3 aromatic rings. The maximum atomic E-state index is 12.3. The summed E-state index contributed by atoms with van der Waals surface area (Å²) in [6.45, 7) is 3.35. The standard InChI is InChI=1S/C23H25ClN4O4/c24-16-4-5-18-19(14-28(15-21(29)30)20(18)13-16)22(23(31)32)27-11-9-26(10-12-27)8-6-17-3-1-2-7-25-17/h1-5,7,13-14,22H,6,8-12,15H2,(H,29,30)(H,31,32)/t22-/m1/s1. The van der Waals surface area contributed by atoms with E-state index in [1.807, 2.05) is 23.1 Å². The van der Waals surface area contributed by atoms with Crippen LogP contribution in [0.4, 0.5) is 0 Å². The summed E-state index contributed by atoms with van der Waals surface area (Å²) >= 11 is 6.12. The van der Waals surface area contributed by atoms with E-state index in [0.717, 1.165) is 31.7 Å². The summed E-state index contributed by atoms with van der Waals surface area (Å²) in [7, 11) is 0. The summed E-state index contributed by atoms with van der Waals surface area (Å²) in [5, 5.41) is 20.5. The second-order valence-electron chi connectivity index (χ2n) is 7.96. The molecule has 0 spiro atoms. The number of pyridine rings is 1. The van der Waals surface area contributed by atoms with E-state index in [-0.39, 0.29) is 6.54 Å². The second-order valence-corrected chi connectivity index (χ2v) is 8.39. The summed E-state index contributed by atoms with van der Waals surface area (Å²) in [6.07, 6.45) is 4.28. The van der Waals surface area contributed by atoms with Crippen LogP contribution in [0.1, 0.15) is 17.3 Å². The lowest BCUT2D eigenvalue weighted by Gasteiger charge is -2.37. The van der Waals surface area contributed by atoms with Crippen molar-refractivity contribution in [1.29, 1.82) is 0 Å². The Morgan fingerprint density at radius 3 is 2.53 bits per heavy atom. The van der Waals surface area contributed by atoms with Crippen molar-refractivity contribution in [3.05, 3.63) is 65.1 Å². The lowest BCUT2D eigenvalue weighted by Crippen LogP contribution is -2.49. The molecule has 3 heterocycles. The van der Waals surface area contributed by atoms with E-state index in [4.69, 9.17) is 11.6 Å². The van der Waals surface area contributed by atoms with Crippen molar-refractivity contribution in [3.63, 3.8) is 0 Å². The SMILES string of the molecule is O=C(O)Cn1cc([C@H](C(=O)O)N2CCN(CCc3ccccn3)CC2)c2ccc(Cl)cc21. The molecule has 4 rings (SSSR count). The van der Waals surface area contributed by atoms with Gasteiger partial charge in [0.1, 0.15) is 12.6 Å². The number of halogens is 1. The number of aliphatic carboxylic acids is 2. The van der Waals surface area contributed by atoms with Crippen LogP contribution in [0.25, 0.3) is 10.9 Å². The first-order valence-electron chi connectivity index (χ1n) is 10.5. The Bertz CT molecular complexity index is 1110. The van der Waals surface area contributed by atoms with Gasteiger partial charge in [-0.1, -0.05) is 23.7 Å². The zero-order chi connectivity index (χ0) is 22.7. The van der Waals surface area contributed by atoms with Gasteiger partial charge in [0.2, 0.25) is 0 Å². The van der Waals surface area contributed by atoms with Gasteiger partial charge >= 0.3 is 11.9 Å². The van der Waals surface area contributed by atoms with Crippen LogP contribution < -0.4 is 0 Å². The lowest BCUT2D eigenvalue weighted by molar-refractivity contribution is -0.144. The molecule has 0 bridgehead atoms. The first-order chi connectivity index (χ1) is 15.4. The smallest absolute Gasteiger partial charge is 0.325 e. The summed E-state index contributed by atoms with van der Waals surface area (Å²) in [5.74, 6) is -1.95. The number of hydrogen-bond donors (Lipinski definition) is 2. The van der Waals surface area contributed by atoms with Gasteiger partial charge in [-0.15, -0.1) is 0 Å². The summed E-state index contributed by atoms with van der Waals surface area (Å²) < 4.78 is 1.55. The topological polar surface area (TPSA) is 98.9 Å². The molecule has 168 valence electrons. The number of piperazine rings is 1. The summed E-state index contributed by atoms with van der Waals surface area (Å²) in [5.41, 5.74) is 2.26. The number of rotatable bonds is 8. The number of carboxylic acids is 2. The highest BCUT2D eigenvalue weighted by Gasteiger charge is 2.33. The van der Waals surface area contributed by atoms with Gasteiger partial charge in [-0.3, -0.25) is 19.5 Å². The molecule has 1 fully saturated rings. The van der Waals surface area contributed by atoms with Gasteiger partial charge in [-0.25, -0.2) is 0 Å². The number of nitrogens with zero attached hydrogens (tertiary/aromatic N) is 4. The fourth-order valence-corrected chi connectivity index (χ4v) is 4.50. The number of hydrogen-bond acceptors (Lipinski definition) is 5. The van der Waals surface area contributed by atoms with Gasteiger partial charge in [0.25, 0.3) is 0 Å². The molecule has 9 heteroatoms. The van der Waals surface area contributed by atoms with Crippen LogP contribution in [0.15, 0.2) is 48.8 Å². The van der Waals surface area contributed by atoms with Crippen molar-refractivity contribution < 1.29 is 19.8 Å². The van der Waals surface area contributed by atoms with Gasteiger partial charge in [0.05, 0.1) is 5.52 Å². The molecule has 8 nitrogen and oxygen atoms in total. The summed E-state index contributed by atoms with van der Waals surface area (Å²) in [6, 6.07) is 10.2. The third kappa shape index (κ3) is 4.93. The van der Waals surface area contributed by atoms with E-state index in [0.29, 0.717) is 34.6 Å². The molecule has 1 atom stereocenters. The average Bonchev–Trinajstić information content (AvgIpc) is 3.10. The normalized spacial score (nSPS) is 16.3. The Morgan fingerprint density at radius 1 is 1.09 bits per heavy atom. The fraction of sp³-hybridized carbons (Fsp3) is 0.348. The third-order valence-electron chi connectivity index (χ3n) is 5.89. The molecule has 1 aliphatic heterocycles. The van der Waals surface area contributed by atoms with Gasteiger partial charge in [0, 0.05) is 73.2 Å². The molecular weight excluding hydrogens is 432 g/mol. The number of aromatic nitrogens is 2. The molecule has 0 unspecified atom stereocenters. The largest absolute Gasteiger partial charge is 0.480 e. The average molecular weight is 457 g/mol. The first kappa shape index (κ1) is 22.3. The minimum atomic E-state index is -0.998. The predicted octanol–water partition coefficient (Wildman–Crippen LogP) is 2.76. The number of carboxylic acid groups (broad SMARTS) is 2. The van der Waals surface area contributed by atoms with Crippen molar-refractivity contribution in [2.24, 2.45) is 0 Å². The van der Waals surface area contributed by atoms with Crippen molar-refractivity contribution >= 4 is 34.4 Å². The van der Waals surface area contributed by atoms with Crippen LogP contribution in [0.3, 0.4) is 0 Å². The van der Waals surface area contributed by atoms with Gasteiger partial charge in [-0.2, -0.15) is 0 Å². The van der Waals surface area contributed by atoms with Crippen LogP contribution in [0.2, 0.25) is 5.02 Å². The van der Waals surface area contributed by atoms with E-state index in [9.17, 15) is 19.8 Å². The molecule has 32 heavy (non-hydrogen) atoms. The highest BCUT2D eigenvalue weighted by molar-refractivity contribution is 6.31. The molecule has 0 amide bonds. The first-order valence-corrected chi connectivity index (χ1v) is 10.9. The molecule has 1 saturated heterocycles. The van der Waals surface area contributed by atoms with E-state index < -0.39 is 18.0 Å². The maximum absolute atomic E-state index is 12.3. The zero-order valence-corrected chi connectivity index (χ0v) is 18.3. The molecule has 0 radical (unpaired) electrons. The Balaban J connectivity index is 1.52.